The third kappa shape index (κ3) is 1.97. The Hall–Kier alpha value is -0.700. The topological polar surface area (TPSA) is 27.6 Å². The Morgan fingerprint density at radius 2 is 2.31 bits per heavy atom. The van der Waals surface area contributed by atoms with Crippen molar-refractivity contribution in [2.45, 2.75) is 26.7 Å². The van der Waals surface area contributed by atoms with Gasteiger partial charge in [-0.05, 0) is 24.8 Å². The Kier molecular flexibility index (Phi) is 2.20. The molecule has 0 bridgehead atoms. The van der Waals surface area contributed by atoms with Crippen LogP contribution in [0.15, 0.2) is 16.9 Å². The summed E-state index contributed by atoms with van der Waals surface area (Å²) in [6.45, 7) is 4.28. The third-order valence-corrected chi connectivity index (χ3v) is 2.51. The van der Waals surface area contributed by atoms with E-state index < -0.39 is 0 Å². The van der Waals surface area contributed by atoms with Gasteiger partial charge in [-0.2, -0.15) is 0 Å². The Morgan fingerprint density at radius 3 is 2.85 bits per heavy atom. The number of nitrogens with one attached hydrogen (secondary N) is 1. The van der Waals surface area contributed by atoms with Crippen molar-refractivity contribution in [1.29, 1.82) is 0 Å². The SMILES string of the molecule is CC(C)C1=CC(C2CC2)=NN(Cl)N1. The zero-order chi connectivity index (χ0) is 9.42. The summed E-state index contributed by atoms with van der Waals surface area (Å²) >= 11 is 5.82. The van der Waals surface area contributed by atoms with E-state index >= 15 is 0 Å². The number of hydrogen-bond acceptors (Lipinski definition) is 3. The molecule has 0 spiro atoms. The molecular formula is C9H14ClN3. The summed E-state index contributed by atoms with van der Waals surface area (Å²) < 4.78 is 1.29. The quantitative estimate of drug-likeness (QED) is 0.691. The summed E-state index contributed by atoms with van der Waals surface area (Å²) in [5.74, 6) is 1.11. The summed E-state index contributed by atoms with van der Waals surface area (Å²) in [5.41, 5.74) is 5.27. The van der Waals surface area contributed by atoms with Crippen LogP contribution in [0.2, 0.25) is 0 Å². The van der Waals surface area contributed by atoms with Gasteiger partial charge in [0.15, 0.2) is 0 Å². The van der Waals surface area contributed by atoms with Gasteiger partial charge in [-0.25, -0.2) is 0 Å². The van der Waals surface area contributed by atoms with Crippen molar-refractivity contribution in [1.82, 2.24) is 10.1 Å². The first kappa shape index (κ1) is 8.88. The van der Waals surface area contributed by atoms with E-state index in [4.69, 9.17) is 11.8 Å². The lowest BCUT2D eigenvalue weighted by molar-refractivity contribution is 0.368. The van der Waals surface area contributed by atoms with E-state index in [1.54, 1.807) is 0 Å². The molecule has 0 aromatic carbocycles. The minimum Gasteiger partial charge on any atom is -0.271 e. The van der Waals surface area contributed by atoms with Crippen LogP contribution in [0.1, 0.15) is 26.7 Å². The number of hydrogen-bond donors (Lipinski definition) is 1. The van der Waals surface area contributed by atoms with Crippen molar-refractivity contribution in [3.8, 4) is 0 Å². The van der Waals surface area contributed by atoms with Crippen LogP contribution in [0, 0.1) is 11.8 Å². The first-order chi connectivity index (χ1) is 6.16. The molecule has 0 radical (unpaired) electrons. The minimum atomic E-state index is 0.463. The molecule has 0 aromatic heterocycles. The molecule has 2 aliphatic rings. The second-order valence-corrected chi connectivity index (χ2v) is 4.25. The Morgan fingerprint density at radius 1 is 1.62 bits per heavy atom. The Balaban J connectivity index is 2.16. The molecule has 1 heterocycles. The van der Waals surface area contributed by atoms with Gasteiger partial charge in [0.2, 0.25) is 0 Å². The summed E-state index contributed by atoms with van der Waals surface area (Å²) in [6.07, 6.45) is 4.64. The highest BCUT2D eigenvalue weighted by molar-refractivity contribution is 6.14. The predicted octanol–water partition coefficient (Wildman–Crippen LogP) is 2.27. The van der Waals surface area contributed by atoms with E-state index in [0.29, 0.717) is 11.8 Å². The average molecular weight is 200 g/mol. The summed E-state index contributed by atoms with van der Waals surface area (Å²) in [7, 11) is 0. The van der Waals surface area contributed by atoms with Crippen molar-refractivity contribution in [2.24, 2.45) is 16.9 Å². The van der Waals surface area contributed by atoms with Crippen LogP contribution in [-0.4, -0.2) is 10.3 Å². The molecule has 1 N–H and O–H groups in total. The smallest absolute Gasteiger partial charge is 0.0689 e. The van der Waals surface area contributed by atoms with Crippen molar-refractivity contribution in [3.63, 3.8) is 0 Å². The number of hydrazine groups is 1. The third-order valence-electron chi connectivity index (χ3n) is 2.35. The van der Waals surface area contributed by atoms with Crippen LogP contribution in [0.5, 0.6) is 0 Å². The number of rotatable bonds is 2. The van der Waals surface area contributed by atoms with Crippen LogP contribution in [0.4, 0.5) is 0 Å². The molecule has 1 aliphatic heterocycles. The maximum Gasteiger partial charge on any atom is 0.0689 e. The molecule has 0 unspecified atom stereocenters. The van der Waals surface area contributed by atoms with Crippen LogP contribution in [-0.2, 0) is 0 Å². The lowest BCUT2D eigenvalue weighted by atomic mass is 10.1. The lowest BCUT2D eigenvalue weighted by Crippen LogP contribution is -2.32. The van der Waals surface area contributed by atoms with Crippen LogP contribution in [0.25, 0.3) is 0 Å². The first-order valence-corrected chi connectivity index (χ1v) is 5.03. The highest BCUT2D eigenvalue weighted by Gasteiger charge is 2.29. The molecular weight excluding hydrogens is 186 g/mol. The second-order valence-electron chi connectivity index (χ2n) is 3.93. The largest absolute Gasteiger partial charge is 0.271 e. The summed E-state index contributed by atoms with van der Waals surface area (Å²) in [5, 5.41) is 4.20. The Bertz CT molecular complexity index is 266. The van der Waals surface area contributed by atoms with E-state index in [-0.39, 0.29) is 0 Å². The van der Waals surface area contributed by atoms with Crippen LogP contribution >= 0.6 is 11.8 Å². The van der Waals surface area contributed by atoms with E-state index in [2.05, 4.69) is 30.5 Å². The standard InChI is InChI=1S/C9H14ClN3/c1-6(2)8-5-9(7-3-4-7)12-13(10)11-8/h5-7,11H,3-4H2,1-2H3. The van der Waals surface area contributed by atoms with Gasteiger partial charge in [-0.3, -0.25) is 5.43 Å². The summed E-state index contributed by atoms with van der Waals surface area (Å²) in [4.78, 5) is 0. The molecule has 3 nitrogen and oxygen atoms in total. The zero-order valence-corrected chi connectivity index (χ0v) is 8.67. The average Bonchev–Trinajstić information content (AvgIpc) is 2.85. The maximum absolute atomic E-state index is 5.82. The highest BCUT2D eigenvalue weighted by atomic mass is 35.5. The number of halogens is 1. The molecule has 4 heteroatoms. The van der Waals surface area contributed by atoms with Gasteiger partial charge in [-0.1, -0.05) is 13.8 Å². The number of nitrogens with zero attached hydrogens (tertiary/aromatic N) is 2. The van der Waals surface area contributed by atoms with E-state index in [9.17, 15) is 0 Å². The van der Waals surface area contributed by atoms with Crippen molar-refractivity contribution < 1.29 is 0 Å². The molecule has 13 heavy (non-hydrogen) atoms. The van der Waals surface area contributed by atoms with Gasteiger partial charge in [0, 0.05) is 11.6 Å². The maximum atomic E-state index is 5.82. The molecule has 0 atom stereocenters. The molecule has 2 rings (SSSR count). The van der Waals surface area contributed by atoms with Gasteiger partial charge in [0.1, 0.15) is 0 Å². The van der Waals surface area contributed by atoms with E-state index in [0.717, 1.165) is 11.4 Å². The van der Waals surface area contributed by atoms with Crippen molar-refractivity contribution >= 4 is 17.5 Å². The first-order valence-electron chi connectivity index (χ1n) is 4.69. The number of hydrazone groups is 1. The normalized spacial score (nSPS) is 22.6. The van der Waals surface area contributed by atoms with E-state index in [1.165, 1.54) is 17.5 Å². The monoisotopic (exact) mass is 199 g/mol. The van der Waals surface area contributed by atoms with Crippen LogP contribution < -0.4 is 5.43 Å². The highest BCUT2D eigenvalue weighted by Crippen LogP contribution is 2.33. The molecule has 1 saturated carbocycles. The second kappa shape index (κ2) is 3.22. The lowest BCUT2D eigenvalue weighted by Gasteiger charge is -2.23. The van der Waals surface area contributed by atoms with E-state index in [1.807, 2.05) is 0 Å². The Labute approximate surface area is 83.5 Å². The van der Waals surface area contributed by atoms with Gasteiger partial charge in [-0.15, -0.1) is 9.74 Å². The fourth-order valence-corrected chi connectivity index (χ4v) is 1.51. The van der Waals surface area contributed by atoms with Gasteiger partial charge in [0.25, 0.3) is 0 Å². The summed E-state index contributed by atoms with van der Waals surface area (Å²) in [6, 6.07) is 0. The molecule has 1 aliphatic carbocycles. The molecule has 0 aromatic rings. The molecule has 0 amide bonds. The van der Waals surface area contributed by atoms with Crippen LogP contribution in [0.3, 0.4) is 0 Å². The molecule has 1 fully saturated rings. The zero-order valence-electron chi connectivity index (χ0n) is 7.92. The fourth-order valence-electron chi connectivity index (χ4n) is 1.33. The molecule has 0 saturated heterocycles. The van der Waals surface area contributed by atoms with Crippen molar-refractivity contribution in [2.75, 3.05) is 0 Å². The van der Waals surface area contributed by atoms with Gasteiger partial charge < -0.3 is 0 Å². The minimum absolute atomic E-state index is 0.463. The van der Waals surface area contributed by atoms with Gasteiger partial charge in [0.05, 0.1) is 17.5 Å². The van der Waals surface area contributed by atoms with Gasteiger partial charge >= 0.3 is 0 Å². The fraction of sp³-hybridized carbons (Fsp3) is 0.667. The molecule has 72 valence electrons. The number of allylic oxidation sites excluding steroid dienone is 2. The van der Waals surface area contributed by atoms with Crippen molar-refractivity contribution in [3.05, 3.63) is 11.8 Å². The predicted molar refractivity (Wildman–Crippen MR) is 53.9 cm³/mol.